The second-order valence-electron chi connectivity index (χ2n) is 3.39. The zero-order valence-electron chi connectivity index (χ0n) is 8.88. The third kappa shape index (κ3) is 4.63. The van der Waals surface area contributed by atoms with Gasteiger partial charge in [0, 0.05) is 12.5 Å². The number of unbranched alkanes of at least 4 members (excludes halogenated alkanes) is 3. The first-order valence-corrected chi connectivity index (χ1v) is 5.98. The van der Waals surface area contributed by atoms with Gasteiger partial charge in [0.15, 0.2) is 0 Å². The highest BCUT2D eigenvalue weighted by molar-refractivity contribution is 9.10. The van der Waals surface area contributed by atoms with Crippen LogP contribution in [0.3, 0.4) is 0 Å². The minimum absolute atomic E-state index is 0.318. The molecule has 0 radical (unpaired) electrons. The highest BCUT2D eigenvalue weighted by Crippen LogP contribution is 2.21. The third-order valence-electron chi connectivity index (χ3n) is 2.09. The number of halogens is 2. The van der Waals surface area contributed by atoms with Crippen LogP contribution in [0.5, 0.6) is 5.75 Å². The van der Waals surface area contributed by atoms with E-state index in [0.29, 0.717) is 23.2 Å². The number of nitriles is 1. The summed E-state index contributed by atoms with van der Waals surface area (Å²) < 4.78 is 18.9. The molecule has 0 aromatic heterocycles. The summed E-state index contributed by atoms with van der Waals surface area (Å²) in [4.78, 5) is 0. The average molecular weight is 286 g/mol. The summed E-state index contributed by atoms with van der Waals surface area (Å²) in [5.41, 5.74) is 0. The van der Waals surface area contributed by atoms with E-state index in [1.807, 2.05) is 0 Å². The molecule has 1 aromatic carbocycles. The topological polar surface area (TPSA) is 33.0 Å². The second kappa shape index (κ2) is 7.24. The van der Waals surface area contributed by atoms with Crippen LogP contribution in [-0.2, 0) is 0 Å². The Morgan fingerprint density at radius 3 is 2.81 bits per heavy atom. The Balaban J connectivity index is 2.22. The van der Waals surface area contributed by atoms with Crippen molar-refractivity contribution in [3.05, 3.63) is 28.5 Å². The van der Waals surface area contributed by atoms with Crippen molar-refractivity contribution in [1.29, 1.82) is 5.26 Å². The normalized spacial score (nSPS) is 9.81. The first kappa shape index (κ1) is 13.0. The van der Waals surface area contributed by atoms with E-state index in [2.05, 4.69) is 22.0 Å². The summed E-state index contributed by atoms with van der Waals surface area (Å²) in [5, 5.41) is 8.33. The smallest absolute Gasteiger partial charge is 0.141 e. The lowest BCUT2D eigenvalue weighted by molar-refractivity contribution is 0.304. The number of nitrogens with zero attached hydrogens (tertiary/aromatic N) is 1. The van der Waals surface area contributed by atoms with Gasteiger partial charge in [-0.1, -0.05) is 0 Å². The minimum Gasteiger partial charge on any atom is -0.493 e. The summed E-state index contributed by atoms with van der Waals surface area (Å²) in [7, 11) is 0. The van der Waals surface area contributed by atoms with Crippen molar-refractivity contribution < 1.29 is 9.13 Å². The Kier molecular flexibility index (Phi) is 5.87. The van der Waals surface area contributed by atoms with Crippen molar-refractivity contribution in [3.8, 4) is 11.8 Å². The summed E-state index contributed by atoms with van der Waals surface area (Å²) in [6.07, 6.45) is 3.34. The van der Waals surface area contributed by atoms with Crippen molar-refractivity contribution in [1.82, 2.24) is 0 Å². The monoisotopic (exact) mass is 285 g/mol. The van der Waals surface area contributed by atoms with Crippen molar-refractivity contribution in [2.75, 3.05) is 6.61 Å². The molecule has 0 spiro atoms. The number of rotatable bonds is 6. The van der Waals surface area contributed by atoms with Crippen molar-refractivity contribution in [2.24, 2.45) is 0 Å². The Morgan fingerprint density at radius 2 is 2.12 bits per heavy atom. The van der Waals surface area contributed by atoms with Crippen LogP contribution >= 0.6 is 15.9 Å². The number of benzene rings is 1. The van der Waals surface area contributed by atoms with E-state index < -0.39 is 0 Å². The molecule has 0 saturated heterocycles. The fourth-order valence-electron chi connectivity index (χ4n) is 1.24. The molecule has 0 unspecified atom stereocenters. The lowest BCUT2D eigenvalue weighted by Gasteiger charge is -2.06. The fraction of sp³-hybridized carbons (Fsp3) is 0.417. The number of hydrogen-bond donors (Lipinski definition) is 0. The molecule has 0 aliphatic carbocycles. The van der Waals surface area contributed by atoms with Crippen LogP contribution in [0.1, 0.15) is 25.7 Å². The van der Waals surface area contributed by atoms with E-state index in [1.165, 1.54) is 6.07 Å². The molecule has 1 aromatic rings. The summed E-state index contributed by atoms with van der Waals surface area (Å²) in [6, 6.07) is 6.80. The molecule has 0 aliphatic rings. The van der Waals surface area contributed by atoms with E-state index in [-0.39, 0.29) is 5.82 Å². The third-order valence-corrected chi connectivity index (χ3v) is 2.74. The maximum atomic E-state index is 13.1. The largest absolute Gasteiger partial charge is 0.493 e. The zero-order valence-corrected chi connectivity index (χ0v) is 10.5. The Bertz CT molecular complexity index is 376. The van der Waals surface area contributed by atoms with E-state index >= 15 is 0 Å². The second-order valence-corrected chi connectivity index (χ2v) is 4.25. The molecule has 86 valence electrons. The number of hydrogen-bond acceptors (Lipinski definition) is 2. The van der Waals surface area contributed by atoms with Gasteiger partial charge in [-0.05, 0) is 47.3 Å². The van der Waals surface area contributed by atoms with Gasteiger partial charge < -0.3 is 4.74 Å². The molecule has 2 nitrogen and oxygen atoms in total. The Labute approximate surface area is 103 Å². The zero-order chi connectivity index (χ0) is 11.8. The lowest BCUT2D eigenvalue weighted by atomic mass is 10.2. The van der Waals surface area contributed by atoms with E-state index in [0.717, 1.165) is 19.3 Å². The van der Waals surface area contributed by atoms with Crippen LogP contribution in [0.4, 0.5) is 4.39 Å². The minimum atomic E-state index is -0.318. The predicted molar refractivity (Wildman–Crippen MR) is 63.7 cm³/mol. The Morgan fingerprint density at radius 1 is 1.31 bits per heavy atom. The maximum Gasteiger partial charge on any atom is 0.141 e. The van der Waals surface area contributed by atoms with E-state index in [1.54, 1.807) is 12.1 Å². The van der Waals surface area contributed by atoms with Gasteiger partial charge in [-0.15, -0.1) is 0 Å². The highest BCUT2D eigenvalue weighted by Gasteiger charge is 2.00. The van der Waals surface area contributed by atoms with Crippen LogP contribution < -0.4 is 4.74 Å². The standard InChI is InChI=1S/C12H13BrFNO/c13-11-6-5-10(9-12(11)14)16-8-4-2-1-3-7-15/h5-6,9H,1-4,8H2. The maximum absolute atomic E-state index is 13.1. The van der Waals surface area contributed by atoms with Gasteiger partial charge in [0.05, 0.1) is 17.1 Å². The van der Waals surface area contributed by atoms with Crippen LogP contribution in [0, 0.1) is 17.1 Å². The number of ether oxygens (including phenoxy) is 1. The molecule has 0 N–H and O–H groups in total. The quantitative estimate of drug-likeness (QED) is 0.739. The Hall–Kier alpha value is -1.08. The van der Waals surface area contributed by atoms with Crippen molar-refractivity contribution in [3.63, 3.8) is 0 Å². The summed E-state index contributed by atoms with van der Waals surface area (Å²) >= 11 is 3.08. The van der Waals surface area contributed by atoms with Gasteiger partial charge in [-0.25, -0.2) is 4.39 Å². The molecule has 0 aliphatic heterocycles. The molecule has 4 heteroatoms. The molecule has 0 saturated carbocycles. The molecule has 0 fully saturated rings. The first-order chi connectivity index (χ1) is 7.74. The SMILES string of the molecule is N#CCCCCCOc1ccc(Br)c(F)c1. The fourth-order valence-corrected chi connectivity index (χ4v) is 1.49. The lowest BCUT2D eigenvalue weighted by Crippen LogP contribution is -1.97. The van der Waals surface area contributed by atoms with E-state index in [9.17, 15) is 4.39 Å². The van der Waals surface area contributed by atoms with Crippen molar-refractivity contribution in [2.45, 2.75) is 25.7 Å². The summed E-state index contributed by atoms with van der Waals surface area (Å²) in [5.74, 6) is 0.225. The average Bonchev–Trinajstić information content (AvgIpc) is 2.28. The van der Waals surface area contributed by atoms with Gasteiger partial charge in [-0.3, -0.25) is 0 Å². The molecule has 0 atom stereocenters. The molecule has 1 rings (SSSR count). The molecule has 16 heavy (non-hydrogen) atoms. The van der Waals surface area contributed by atoms with E-state index in [4.69, 9.17) is 10.00 Å². The van der Waals surface area contributed by atoms with Crippen LogP contribution in [0.25, 0.3) is 0 Å². The van der Waals surface area contributed by atoms with Crippen LogP contribution in [0.2, 0.25) is 0 Å². The van der Waals surface area contributed by atoms with Gasteiger partial charge >= 0.3 is 0 Å². The van der Waals surface area contributed by atoms with Gasteiger partial charge in [-0.2, -0.15) is 5.26 Å². The highest BCUT2D eigenvalue weighted by atomic mass is 79.9. The molecular weight excluding hydrogens is 273 g/mol. The van der Waals surface area contributed by atoms with Gasteiger partial charge in [0.2, 0.25) is 0 Å². The molecule has 0 amide bonds. The molecule has 0 bridgehead atoms. The molecule has 0 heterocycles. The molecular formula is C12H13BrFNO. The first-order valence-electron chi connectivity index (χ1n) is 5.19. The van der Waals surface area contributed by atoms with Crippen molar-refractivity contribution >= 4 is 15.9 Å². The van der Waals surface area contributed by atoms with Crippen LogP contribution in [-0.4, -0.2) is 6.61 Å². The predicted octanol–water partition coefficient (Wildman–Crippen LogP) is 4.05. The van der Waals surface area contributed by atoms with Gasteiger partial charge in [0.25, 0.3) is 0 Å². The van der Waals surface area contributed by atoms with Gasteiger partial charge in [0.1, 0.15) is 11.6 Å². The van der Waals surface area contributed by atoms with Crippen LogP contribution in [0.15, 0.2) is 22.7 Å². The summed E-state index contributed by atoms with van der Waals surface area (Å²) in [6.45, 7) is 0.562.